The van der Waals surface area contributed by atoms with Gasteiger partial charge in [-0.1, -0.05) is 6.07 Å². The van der Waals surface area contributed by atoms with E-state index in [2.05, 4.69) is 26.2 Å². The van der Waals surface area contributed by atoms with Gasteiger partial charge in [0.05, 0.1) is 12.1 Å². The van der Waals surface area contributed by atoms with E-state index in [0.29, 0.717) is 10.2 Å². The van der Waals surface area contributed by atoms with Gasteiger partial charge in [0, 0.05) is 16.9 Å². The molecule has 0 radical (unpaired) electrons. The second kappa shape index (κ2) is 5.73. The summed E-state index contributed by atoms with van der Waals surface area (Å²) in [5, 5.41) is 2.71. The summed E-state index contributed by atoms with van der Waals surface area (Å²) in [5.41, 5.74) is 1.37. The highest BCUT2D eigenvalue weighted by atomic mass is 79.9. The normalized spacial score (nSPS) is 10.1. The third kappa shape index (κ3) is 3.37. The topological polar surface area (TPSA) is 42.0 Å². The molecule has 1 aromatic heterocycles. The highest BCUT2D eigenvalue weighted by Crippen LogP contribution is 2.23. The van der Waals surface area contributed by atoms with Crippen LogP contribution in [0.25, 0.3) is 0 Å². The van der Waals surface area contributed by atoms with E-state index < -0.39 is 0 Å². The molecule has 0 saturated heterocycles. The summed E-state index contributed by atoms with van der Waals surface area (Å²) in [6.45, 7) is 0. The first kappa shape index (κ1) is 12.7. The Hall–Kier alpha value is -1.75. The SMILES string of the molecule is O=C(Cc1cccnc1)Nc1ccc(F)cc1Br. The molecular formula is C13H10BrFN2O. The summed E-state index contributed by atoms with van der Waals surface area (Å²) in [6, 6.07) is 7.72. The third-order valence-electron chi connectivity index (χ3n) is 2.29. The second-order valence-electron chi connectivity index (χ2n) is 3.71. The lowest BCUT2D eigenvalue weighted by Crippen LogP contribution is -2.14. The Morgan fingerprint density at radius 1 is 1.39 bits per heavy atom. The number of nitrogens with zero attached hydrogens (tertiary/aromatic N) is 1. The summed E-state index contributed by atoms with van der Waals surface area (Å²) >= 11 is 3.19. The molecule has 0 aliphatic heterocycles. The fourth-order valence-electron chi connectivity index (χ4n) is 1.47. The molecule has 1 heterocycles. The predicted molar refractivity (Wildman–Crippen MR) is 70.7 cm³/mol. The Morgan fingerprint density at radius 2 is 2.22 bits per heavy atom. The van der Waals surface area contributed by atoms with Gasteiger partial charge in [-0.3, -0.25) is 9.78 Å². The van der Waals surface area contributed by atoms with Gasteiger partial charge in [-0.15, -0.1) is 0 Å². The van der Waals surface area contributed by atoms with E-state index in [1.165, 1.54) is 18.2 Å². The van der Waals surface area contributed by atoms with Crippen molar-refractivity contribution in [2.75, 3.05) is 5.32 Å². The van der Waals surface area contributed by atoms with Gasteiger partial charge < -0.3 is 5.32 Å². The molecule has 18 heavy (non-hydrogen) atoms. The van der Waals surface area contributed by atoms with Crippen molar-refractivity contribution < 1.29 is 9.18 Å². The molecule has 0 fully saturated rings. The summed E-state index contributed by atoms with van der Waals surface area (Å²) in [7, 11) is 0. The van der Waals surface area contributed by atoms with E-state index in [1.54, 1.807) is 18.5 Å². The van der Waals surface area contributed by atoms with Crippen LogP contribution in [-0.2, 0) is 11.2 Å². The number of hydrogen-bond acceptors (Lipinski definition) is 2. The fourth-order valence-corrected chi connectivity index (χ4v) is 1.92. The molecular weight excluding hydrogens is 299 g/mol. The van der Waals surface area contributed by atoms with Crippen LogP contribution < -0.4 is 5.32 Å². The smallest absolute Gasteiger partial charge is 0.228 e. The molecule has 0 aliphatic carbocycles. The van der Waals surface area contributed by atoms with Crippen molar-refractivity contribution in [1.82, 2.24) is 4.98 Å². The van der Waals surface area contributed by atoms with Crippen molar-refractivity contribution in [2.24, 2.45) is 0 Å². The van der Waals surface area contributed by atoms with Gasteiger partial charge in [-0.25, -0.2) is 4.39 Å². The Labute approximate surface area is 112 Å². The Kier molecular flexibility index (Phi) is 4.04. The second-order valence-corrected chi connectivity index (χ2v) is 4.56. The maximum Gasteiger partial charge on any atom is 0.228 e. The molecule has 1 N–H and O–H groups in total. The van der Waals surface area contributed by atoms with Crippen molar-refractivity contribution in [2.45, 2.75) is 6.42 Å². The number of aromatic nitrogens is 1. The highest BCUT2D eigenvalue weighted by Gasteiger charge is 2.07. The van der Waals surface area contributed by atoms with Gasteiger partial charge in [0.15, 0.2) is 0 Å². The van der Waals surface area contributed by atoms with Crippen LogP contribution in [0.5, 0.6) is 0 Å². The number of pyridine rings is 1. The van der Waals surface area contributed by atoms with E-state index in [9.17, 15) is 9.18 Å². The highest BCUT2D eigenvalue weighted by molar-refractivity contribution is 9.10. The van der Waals surface area contributed by atoms with Crippen molar-refractivity contribution in [3.05, 3.63) is 58.6 Å². The zero-order valence-corrected chi connectivity index (χ0v) is 10.9. The van der Waals surface area contributed by atoms with Crippen LogP contribution in [0.2, 0.25) is 0 Å². The maximum atomic E-state index is 12.9. The van der Waals surface area contributed by atoms with E-state index in [-0.39, 0.29) is 18.1 Å². The average molecular weight is 309 g/mol. The predicted octanol–water partition coefficient (Wildman–Crippen LogP) is 3.16. The molecule has 0 atom stereocenters. The molecule has 0 aliphatic rings. The number of amides is 1. The monoisotopic (exact) mass is 308 g/mol. The molecule has 5 heteroatoms. The lowest BCUT2D eigenvalue weighted by Gasteiger charge is -2.07. The van der Waals surface area contributed by atoms with Crippen LogP contribution in [0.1, 0.15) is 5.56 Å². The Balaban J connectivity index is 2.03. The summed E-state index contributed by atoms with van der Waals surface area (Å²) in [4.78, 5) is 15.7. The van der Waals surface area contributed by atoms with Crippen molar-refractivity contribution >= 4 is 27.5 Å². The lowest BCUT2D eigenvalue weighted by molar-refractivity contribution is -0.115. The third-order valence-corrected chi connectivity index (χ3v) is 2.95. The zero-order chi connectivity index (χ0) is 13.0. The van der Waals surface area contributed by atoms with Crippen LogP contribution >= 0.6 is 15.9 Å². The number of carbonyl (C=O) groups is 1. The quantitative estimate of drug-likeness (QED) is 0.946. The van der Waals surface area contributed by atoms with Crippen LogP contribution in [0.15, 0.2) is 47.2 Å². The minimum absolute atomic E-state index is 0.171. The van der Waals surface area contributed by atoms with Crippen molar-refractivity contribution in [1.29, 1.82) is 0 Å². The number of anilines is 1. The molecule has 0 unspecified atom stereocenters. The van der Waals surface area contributed by atoms with Gasteiger partial charge in [0.1, 0.15) is 5.82 Å². The van der Waals surface area contributed by atoms with Crippen molar-refractivity contribution in [3.63, 3.8) is 0 Å². The van der Waals surface area contributed by atoms with Gasteiger partial charge in [0.2, 0.25) is 5.91 Å². The van der Waals surface area contributed by atoms with Crippen molar-refractivity contribution in [3.8, 4) is 0 Å². The number of carbonyl (C=O) groups excluding carboxylic acids is 1. The fraction of sp³-hybridized carbons (Fsp3) is 0.0769. The van der Waals surface area contributed by atoms with Gasteiger partial charge in [0.25, 0.3) is 0 Å². The average Bonchev–Trinajstić information content (AvgIpc) is 2.34. The molecule has 0 spiro atoms. The number of nitrogens with one attached hydrogen (secondary N) is 1. The van der Waals surface area contributed by atoms with E-state index >= 15 is 0 Å². The first-order valence-corrected chi connectivity index (χ1v) is 6.08. The molecule has 92 valence electrons. The lowest BCUT2D eigenvalue weighted by atomic mass is 10.2. The minimum atomic E-state index is -0.355. The zero-order valence-electron chi connectivity index (χ0n) is 9.36. The van der Waals surface area contributed by atoms with Crippen LogP contribution in [-0.4, -0.2) is 10.9 Å². The van der Waals surface area contributed by atoms with Crippen LogP contribution in [0.4, 0.5) is 10.1 Å². The molecule has 2 rings (SSSR count). The van der Waals surface area contributed by atoms with Gasteiger partial charge >= 0.3 is 0 Å². The number of benzene rings is 1. The molecule has 2 aromatic rings. The summed E-state index contributed by atoms with van der Waals surface area (Å²) < 4.78 is 13.4. The van der Waals surface area contributed by atoms with Gasteiger partial charge in [-0.05, 0) is 45.8 Å². The molecule has 0 saturated carbocycles. The van der Waals surface area contributed by atoms with Crippen LogP contribution in [0, 0.1) is 5.82 Å². The van der Waals surface area contributed by atoms with E-state index in [4.69, 9.17) is 0 Å². The first-order chi connectivity index (χ1) is 8.65. The molecule has 0 bridgehead atoms. The van der Waals surface area contributed by atoms with Gasteiger partial charge in [-0.2, -0.15) is 0 Å². The summed E-state index contributed by atoms with van der Waals surface area (Å²) in [5.74, 6) is -0.526. The van der Waals surface area contributed by atoms with E-state index in [1.807, 2.05) is 6.07 Å². The molecule has 1 aromatic carbocycles. The van der Waals surface area contributed by atoms with E-state index in [0.717, 1.165) is 5.56 Å². The largest absolute Gasteiger partial charge is 0.325 e. The van der Waals surface area contributed by atoms with Crippen LogP contribution in [0.3, 0.4) is 0 Å². The maximum absolute atomic E-state index is 12.9. The number of rotatable bonds is 3. The summed E-state index contributed by atoms with van der Waals surface area (Å²) in [6.07, 6.45) is 3.52. The Morgan fingerprint density at radius 3 is 2.89 bits per heavy atom. The first-order valence-electron chi connectivity index (χ1n) is 5.29. The number of halogens is 2. The number of hydrogen-bond donors (Lipinski definition) is 1. The standard InChI is InChI=1S/C13H10BrFN2O/c14-11-7-10(15)3-4-12(11)17-13(18)6-9-2-1-5-16-8-9/h1-5,7-8H,6H2,(H,17,18). The Bertz CT molecular complexity index is 560. The molecule has 1 amide bonds. The molecule has 3 nitrogen and oxygen atoms in total. The minimum Gasteiger partial charge on any atom is -0.325 e.